The fourth-order valence-corrected chi connectivity index (χ4v) is 5.01. The fourth-order valence-electron chi connectivity index (χ4n) is 4.39. The van der Waals surface area contributed by atoms with Crippen LogP contribution in [0.15, 0.2) is 65.1 Å². The van der Waals surface area contributed by atoms with Gasteiger partial charge < -0.3 is 15.0 Å². The van der Waals surface area contributed by atoms with Crippen molar-refractivity contribution in [3.8, 4) is 5.75 Å². The van der Waals surface area contributed by atoms with Crippen molar-refractivity contribution in [2.75, 3.05) is 20.2 Å². The van der Waals surface area contributed by atoms with Gasteiger partial charge in [0.2, 0.25) is 5.91 Å². The second-order valence-corrected chi connectivity index (χ2v) is 9.03. The lowest BCUT2D eigenvalue weighted by Gasteiger charge is -2.32. The van der Waals surface area contributed by atoms with Crippen LogP contribution < -0.4 is 10.1 Å². The number of methoxy groups -OCH3 is 1. The van der Waals surface area contributed by atoms with Crippen LogP contribution in [-0.2, 0) is 4.79 Å². The summed E-state index contributed by atoms with van der Waals surface area (Å²) in [6.45, 7) is 3.13. The number of nitrogens with one attached hydrogen (secondary N) is 1. The van der Waals surface area contributed by atoms with Crippen LogP contribution in [0.4, 0.5) is 0 Å². The number of benzene rings is 3. The number of rotatable bonds is 5. The molecule has 1 atom stereocenters. The molecule has 2 amide bonds. The minimum absolute atomic E-state index is 0.00398. The minimum Gasteiger partial charge on any atom is -0.496 e. The molecule has 0 unspecified atom stereocenters. The zero-order valence-corrected chi connectivity index (χ0v) is 19.9. The molecule has 0 spiro atoms. The van der Waals surface area contributed by atoms with Crippen molar-refractivity contribution in [3.63, 3.8) is 0 Å². The standard InChI is InChI=1S/C26H27BrN2O3/c1-17(19-7-5-6-10-23(19)27)28-25(30)18-13-15-29(16-14-18)26(31)22-11-12-24(32-2)21-9-4-3-8-20(21)22/h3-12,17-18H,13-16H2,1-2H3,(H,28,30)/t17-/m1/s1. The Bertz CT molecular complexity index is 1140. The zero-order valence-electron chi connectivity index (χ0n) is 18.3. The summed E-state index contributed by atoms with van der Waals surface area (Å²) in [5.41, 5.74) is 1.73. The van der Waals surface area contributed by atoms with Gasteiger partial charge in [0, 0.05) is 34.4 Å². The molecule has 0 bridgehead atoms. The molecule has 32 heavy (non-hydrogen) atoms. The molecular weight excluding hydrogens is 468 g/mol. The predicted octanol–water partition coefficient (Wildman–Crippen LogP) is 5.34. The van der Waals surface area contributed by atoms with E-state index in [4.69, 9.17) is 4.74 Å². The van der Waals surface area contributed by atoms with E-state index in [-0.39, 0.29) is 23.8 Å². The average Bonchev–Trinajstić information content (AvgIpc) is 2.83. The van der Waals surface area contributed by atoms with E-state index >= 15 is 0 Å². The number of piperidine rings is 1. The second kappa shape index (κ2) is 9.74. The Kier molecular flexibility index (Phi) is 6.80. The van der Waals surface area contributed by atoms with Crippen molar-refractivity contribution in [1.82, 2.24) is 10.2 Å². The van der Waals surface area contributed by atoms with Gasteiger partial charge in [-0.05, 0) is 48.9 Å². The van der Waals surface area contributed by atoms with Crippen molar-refractivity contribution < 1.29 is 14.3 Å². The Labute approximate surface area is 196 Å². The highest BCUT2D eigenvalue weighted by atomic mass is 79.9. The van der Waals surface area contributed by atoms with Crippen LogP contribution in [0.1, 0.15) is 41.7 Å². The molecule has 4 rings (SSSR count). The Morgan fingerprint density at radius 3 is 2.34 bits per heavy atom. The fraction of sp³-hybridized carbons (Fsp3) is 0.308. The number of nitrogens with zero attached hydrogens (tertiary/aromatic N) is 1. The van der Waals surface area contributed by atoms with Crippen LogP contribution in [0.3, 0.4) is 0 Å². The maximum atomic E-state index is 13.3. The van der Waals surface area contributed by atoms with Crippen LogP contribution in [0.25, 0.3) is 10.8 Å². The van der Waals surface area contributed by atoms with Gasteiger partial charge in [0.25, 0.3) is 5.91 Å². The number of hydrogen-bond acceptors (Lipinski definition) is 3. The number of ether oxygens (including phenoxy) is 1. The monoisotopic (exact) mass is 494 g/mol. The van der Waals surface area contributed by atoms with Gasteiger partial charge in [0.1, 0.15) is 5.75 Å². The van der Waals surface area contributed by atoms with Gasteiger partial charge in [0.15, 0.2) is 0 Å². The number of carbonyl (C=O) groups excluding carboxylic acids is 2. The third kappa shape index (κ3) is 4.51. The molecule has 0 aliphatic carbocycles. The van der Waals surface area contributed by atoms with E-state index in [0.29, 0.717) is 31.5 Å². The summed E-state index contributed by atoms with van der Waals surface area (Å²) in [4.78, 5) is 28.0. The Morgan fingerprint density at radius 1 is 1.00 bits per heavy atom. The summed E-state index contributed by atoms with van der Waals surface area (Å²) in [6.07, 6.45) is 1.32. The largest absolute Gasteiger partial charge is 0.496 e. The van der Waals surface area contributed by atoms with E-state index in [1.165, 1.54) is 0 Å². The molecule has 1 aliphatic heterocycles. The molecule has 1 saturated heterocycles. The maximum Gasteiger partial charge on any atom is 0.254 e. The van der Waals surface area contributed by atoms with Crippen molar-refractivity contribution in [2.24, 2.45) is 5.92 Å². The molecule has 6 heteroatoms. The van der Waals surface area contributed by atoms with Crippen molar-refractivity contribution in [2.45, 2.75) is 25.8 Å². The molecule has 0 radical (unpaired) electrons. The highest BCUT2D eigenvalue weighted by molar-refractivity contribution is 9.10. The van der Waals surface area contributed by atoms with Gasteiger partial charge in [-0.25, -0.2) is 0 Å². The molecule has 1 aliphatic rings. The number of likely N-dealkylation sites (tertiary alicyclic amines) is 1. The molecule has 0 saturated carbocycles. The van der Waals surface area contributed by atoms with Gasteiger partial charge in [-0.15, -0.1) is 0 Å². The number of fused-ring (bicyclic) bond motifs is 1. The van der Waals surface area contributed by atoms with Gasteiger partial charge in [-0.2, -0.15) is 0 Å². The first kappa shape index (κ1) is 22.3. The Morgan fingerprint density at radius 2 is 1.66 bits per heavy atom. The number of halogens is 1. The van der Waals surface area contributed by atoms with E-state index in [0.717, 1.165) is 26.6 Å². The maximum absolute atomic E-state index is 13.3. The summed E-state index contributed by atoms with van der Waals surface area (Å²) in [5.74, 6) is 0.725. The van der Waals surface area contributed by atoms with Crippen LogP contribution in [0.5, 0.6) is 5.75 Å². The first-order chi connectivity index (χ1) is 15.5. The van der Waals surface area contributed by atoms with E-state index in [9.17, 15) is 9.59 Å². The first-order valence-electron chi connectivity index (χ1n) is 10.9. The Balaban J connectivity index is 1.41. The third-order valence-electron chi connectivity index (χ3n) is 6.22. The summed E-state index contributed by atoms with van der Waals surface area (Å²) in [7, 11) is 1.64. The highest BCUT2D eigenvalue weighted by Gasteiger charge is 2.29. The molecule has 3 aromatic carbocycles. The van der Waals surface area contributed by atoms with Gasteiger partial charge in [0.05, 0.1) is 13.2 Å². The summed E-state index contributed by atoms with van der Waals surface area (Å²) in [5, 5.41) is 4.95. The number of hydrogen-bond donors (Lipinski definition) is 1. The lowest BCUT2D eigenvalue weighted by Crippen LogP contribution is -2.43. The number of carbonyl (C=O) groups is 2. The van der Waals surface area contributed by atoms with Crippen molar-refractivity contribution >= 4 is 38.5 Å². The SMILES string of the molecule is COc1ccc(C(=O)N2CCC(C(=O)N[C@H](C)c3ccccc3Br)CC2)c2ccccc12. The average molecular weight is 495 g/mol. The molecule has 1 fully saturated rings. The van der Waals surface area contributed by atoms with Crippen molar-refractivity contribution in [3.05, 3.63) is 76.3 Å². The molecule has 1 N–H and O–H groups in total. The predicted molar refractivity (Wildman–Crippen MR) is 130 cm³/mol. The summed E-state index contributed by atoms with van der Waals surface area (Å²) >= 11 is 3.55. The third-order valence-corrected chi connectivity index (χ3v) is 6.94. The van der Waals surface area contributed by atoms with Crippen LogP contribution in [0, 0.1) is 5.92 Å². The summed E-state index contributed by atoms with van der Waals surface area (Å²) in [6, 6.07) is 19.3. The molecule has 5 nitrogen and oxygen atoms in total. The topological polar surface area (TPSA) is 58.6 Å². The van der Waals surface area contributed by atoms with E-state index in [1.807, 2.05) is 72.5 Å². The molecule has 1 heterocycles. The molecule has 3 aromatic rings. The van der Waals surface area contributed by atoms with Gasteiger partial charge in [-0.3, -0.25) is 9.59 Å². The van der Waals surface area contributed by atoms with Gasteiger partial charge in [-0.1, -0.05) is 58.4 Å². The first-order valence-corrected chi connectivity index (χ1v) is 11.7. The minimum atomic E-state index is -0.0865. The van der Waals surface area contributed by atoms with E-state index in [2.05, 4.69) is 21.2 Å². The normalized spacial score (nSPS) is 15.4. The Hall–Kier alpha value is -2.86. The van der Waals surface area contributed by atoms with Crippen LogP contribution in [-0.4, -0.2) is 36.9 Å². The van der Waals surface area contributed by atoms with Crippen LogP contribution in [0.2, 0.25) is 0 Å². The van der Waals surface area contributed by atoms with E-state index in [1.54, 1.807) is 7.11 Å². The quantitative estimate of drug-likeness (QED) is 0.520. The lowest BCUT2D eigenvalue weighted by molar-refractivity contribution is -0.127. The molecule has 166 valence electrons. The zero-order chi connectivity index (χ0) is 22.7. The molecular formula is C26H27BrN2O3. The van der Waals surface area contributed by atoms with Crippen LogP contribution >= 0.6 is 15.9 Å². The smallest absolute Gasteiger partial charge is 0.254 e. The molecule has 0 aromatic heterocycles. The van der Waals surface area contributed by atoms with E-state index < -0.39 is 0 Å². The summed E-state index contributed by atoms with van der Waals surface area (Å²) < 4.78 is 6.43. The second-order valence-electron chi connectivity index (χ2n) is 8.18. The van der Waals surface area contributed by atoms with Crippen molar-refractivity contribution in [1.29, 1.82) is 0 Å². The number of amides is 2. The lowest BCUT2D eigenvalue weighted by atomic mass is 9.94. The van der Waals surface area contributed by atoms with Gasteiger partial charge >= 0.3 is 0 Å². The highest BCUT2D eigenvalue weighted by Crippen LogP contribution is 2.30.